The minimum atomic E-state index is -3.32. The highest BCUT2D eigenvalue weighted by molar-refractivity contribution is 6.04. The maximum atomic E-state index is 14.6. The first-order chi connectivity index (χ1) is 17.9. The Labute approximate surface area is 214 Å². The molecular formula is C28H22F4N2O4. The van der Waals surface area contributed by atoms with Crippen LogP contribution in [0.15, 0.2) is 48.5 Å². The third-order valence-electron chi connectivity index (χ3n) is 6.29. The van der Waals surface area contributed by atoms with Crippen molar-refractivity contribution in [2.45, 2.75) is 39.2 Å². The first-order valence-electron chi connectivity index (χ1n) is 11.4. The number of rotatable bonds is 7. The number of aromatic hydroxyl groups is 1. The SMILES string of the molecule is Cc1cc(-n2c(C(C)(C)CC#N)c(-c3ccc(C(=O)O)c(OC(F)F)c3)c3c(O)cc(F)cc32)ccc1F. The smallest absolute Gasteiger partial charge is 0.387 e. The van der Waals surface area contributed by atoms with Crippen LogP contribution in [0.5, 0.6) is 11.5 Å². The van der Waals surface area contributed by atoms with Crippen LogP contribution in [0.2, 0.25) is 0 Å². The van der Waals surface area contributed by atoms with E-state index in [1.807, 2.05) is 0 Å². The Kier molecular flexibility index (Phi) is 6.80. The number of phenols is 1. The number of aromatic nitrogens is 1. The van der Waals surface area contributed by atoms with E-state index in [9.17, 15) is 37.8 Å². The third-order valence-corrected chi connectivity index (χ3v) is 6.29. The Morgan fingerprint density at radius 2 is 1.84 bits per heavy atom. The average Bonchev–Trinajstić information content (AvgIpc) is 3.16. The van der Waals surface area contributed by atoms with Crippen molar-refractivity contribution in [3.05, 3.63) is 77.0 Å². The van der Waals surface area contributed by atoms with Gasteiger partial charge >= 0.3 is 12.6 Å². The van der Waals surface area contributed by atoms with E-state index in [1.165, 1.54) is 24.3 Å². The number of carboxylic acid groups (broad SMARTS) is 1. The zero-order chi connectivity index (χ0) is 27.9. The van der Waals surface area contributed by atoms with Gasteiger partial charge in [0.15, 0.2) is 0 Å². The van der Waals surface area contributed by atoms with Gasteiger partial charge < -0.3 is 19.5 Å². The summed E-state index contributed by atoms with van der Waals surface area (Å²) in [5.41, 5.74) is 0.164. The number of hydrogen-bond donors (Lipinski definition) is 2. The summed E-state index contributed by atoms with van der Waals surface area (Å²) in [6, 6.07) is 11.9. The van der Waals surface area contributed by atoms with Crippen molar-refractivity contribution in [3.63, 3.8) is 0 Å². The van der Waals surface area contributed by atoms with Gasteiger partial charge in [0.25, 0.3) is 0 Å². The second-order valence-corrected chi connectivity index (χ2v) is 9.42. The van der Waals surface area contributed by atoms with Crippen molar-refractivity contribution in [1.82, 2.24) is 4.57 Å². The number of aromatic carboxylic acids is 1. The molecule has 0 saturated heterocycles. The van der Waals surface area contributed by atoms with Crippen LogP contribution in [-0.2, 0) is 5.41 Å². The Bertz CT molecular complexity index is 1620. The van der Waals surface area contributed by atoms with Crippen LogP contribution < -0.4 is 4.74 Å². The maximum Gasteiger partial charge on any atom is 0.387 e. The summed E-state index contributed by atoms with van der Waals surface area (Å²) in [6.45, 7) is 1.69. The molecule has 10 heteroatoms. The number of hydrogen-bond acceptors (Lipinski definition) is 4. The molecule has 4 aromatic rings. The molecule has 0 spiro atoms. The Morgan fingerprint density at radius 3 is 2.45 bits per heavy atom. The molecule has 4 rings (SSSR count). The topological polar surface area (TPSA) is 95.5 Å². The van der Waals surface area contributed by atoms with E-state index in [4.69, 9.17) is 0 Å². The lowest BCUT2D eigenvalue weighted by Crippen LogP contribution is -2.22. The number of nitrogens with zero attached hydrogens (tertiary/aromatic N) is 2. The molecule has 0 aliphatic carbocycles. The number of carbonyl (C=O) groups is 1. The number of carboxylic acids is 1. The number of phenolic OH excluding ortho intramolecular Hbond substituents is 1. The van der Waals surface area contributed by atoms with Gasteiger partial charge in [-0.3, -0.25) is 0 Å². The van der Waals surface area contributed by atoms with E-state index in [2.05, 4.69) is 10.8 Å². The number of fused-ring (bicyclic) bond motifs is 1. The summed E-state index contributed by atoms with van der Waals surface area (Å²) < 4.78 is 61.2. The predicted molar refractivity (Wildman–Crippen MR) is 132 cm³/mol. The third kappa shape index (κ3) is 4.63. The number of ether oxygens (including phenoxy) is 1. The fourth-order valence-electron chi connectivity index (χ4n) is 4.65. The van der Waals surface area contributed by atoms with E-state index in [-0.39, 0.29) is 34.0 Å². The van der Waals surface area contributed by atoms with Gasteiger partial charge in [0, 0.05) is 34.8 Å². The highest BCUT2D eigenvalue weighted by Crippen LogP contribution is 2.48. The first-order valence-corrected chi connectivity index (χ1v) is 11.4. The van der Waals surface area contributed by atoms with E-state index >= 15 is 0 Å². The number of halogens is 4. The molecule has 0 aliphatic rings. The fourth-order valence-corrected chi connectivity index (χ4v) is 4.65. The predicted octanol–water partition coefficient (Wildman–Crippen LogP) is 7.08. The minimum absolute atomic E-state index is 0.0483. The van der Waals surface area contributed by atoms with Gasteiger partial charge in [-0.1, -0.05) is 19.9 Å². The van der Waals surface area contributed by atoms with E-state index in [0.29, 0.717) is 11.4 Å². The van der Waals surface area contributed by atoms with Gasteiger partial charge in [-0.2, -0.15) is 14.0 Å². The molecule has 0 unspecified atom stereocenters. The van der Waals surface area contributed by atoms with Crippen LogP contribution in [0.25, 0.3) is 27.7 Å². The summed E-state index contributed by atoms with van der Waals surface area (Å²) in [5.74, 6) is -3.83. The summed E-state index contributed by atoms with van der Waals surface area (Å²) in [7, 11) is 0. The average molecular weight is 526 g/mol. The van der Waals surface area contributed by atoms with Crippen molar-refractivity contribution in [3.8, 4) is 34.4 Å². The zero-order valence-corrected chi connectivity index (χ0v) is 20.5. The van der Waals surface area contributed by atoms with Crippen LogP contribution in [-0.4, -0.2) is 27.4 Å². The van der Waals surface area contributed by atoms with Gasteiger partial charge in [0.2, 0.25) is 0 Å². The quantitative estimate of drug-likeness (QED) is 0.251. The van der Waals surface area contributed by atoms with Crippen LogP contribution in [0.1, 0.15) is 41.9 Å². The molecule has 0 fully saturated rings. The van der Waals surface area contributed by atoms with Crippen molar-refractivity contribution in [2.75, 3.05) is 0 Å². The first kappa shape index (κ1) is 26.5. The molecule has 6 nitrogen and oxygen atoms in total. The molecule has 3 aromatic carbocycles. The van der Waals surface area contributed by atoms with Crippen LogP contribution in [0.4, 0.5) is 17.6 Å². The molecular weight excluding hydrogens is 504 g/mol. The molecule has 0 amide bonds. The summed E-state index contributed by atoms with van der Waals surface area (Å²) in [5, 5.41) is 30.1. The van der Waals surface area contributed by atoms with Crippen molar-refractivity contribution < 1.29 is 37.3 Å². The van der Waals surface area contributed by atoms with Crippen LogP contribution in [0, 0.1) is 29.9 Å². The molecule has 0 bridgehead atoms. The summed E-state index contributed by atoms with van der Waals surface area (Å²) >= 11 is 0. The Hall–Kier alpha value is -4.52. The monoisotopic (exact) mass is 526 g/mol. The maximum absolute atomic E-state index is 14.6. The van der Waals surface area contributed by atoms with Crippen molar-refractivity contribution >= 4 is 16.9 Å². The largest absolute Gasteiger partial charge is 0.507 e. The van der Waals surface area contributed by atoms with Gasteiger partial charge in [-0.05, 0) is 54.4 Å². The zero-order valence-electron chi connectivity index (χ0n) is 20.5. The Morgan fingerprint density at radius 1 is 1.13 bits per heavy atom. The standard InChI is InChI=1S/C28H22F4N2O4/c1-14-10-17(5-7-19(14)30)34-20-12-16(29)13-21(35)24(20)23(25(34)28(2,3)8-9-33)15-4-6-18(26(36)37)22(11-15)38-27(31)32/h4-7,10-13,27,35H,8H2,1-3H3,(H,36,37). The molecule has 1 heterocycles. The fraction of sp³-hybridized carbons (Fsp3) is 0.214. The number of nitriles is 1. The molecule has 0 aliphatic heterocycles. The summed E-state index contributed by atoms with van der Waals surface area (Å²) in [4.78, 5) is 11.6. The van der Waals surface area contributed by atoms with Crippen LogP contribution >= 0.6 is 0 Å². The van der Waals surface area contributed by atoms with Gasteiger partial charge in [0.05, 0.1) is 17.0 Å². The highest BCUT2D eigenvalue weighted by Gasteiger charge is 2.34. The minimum Gasteiger partial charge on any atom is -0.507 e. The highest BCUT2D eigenvalue weighted by atomic mass is 19.3. The second-order valence-electron chi connectivity index (χ2n) is 9.42. The van der Waals surface area contributed by atoms with E-state index < -0.39 is 46.7 Å². The second kappa shape index (κ2) is 9.74. The molecule has 196 valence electrons. The van der Waals surface area contributed by atoms with Crippen LogP contribution in [0.3, 0.4) is 0 Å². The summed E-state index contributed by atoms with van der Waals surface area (Å²) in [6.07, 6.45) is -0.0483. The van der Waals surface area contributed by atoms with E-state index in [1.54, 1.807) is 25.3 Å². The van der Waals surface area contributed by atoms with E-state index in [0.717, 1.165) is 24.3 Å². The number of benzene rings is 3. The van der Waals surface area contributed by atoms with Gasteiger partial charge in [0.1, 0.15) is 28.7 Å². The molecule has 1 aromatic heterocycles. The molecule has 0 saturated carbocycles. The lowest BCUT2D eigenvalue weighted by atomic mass is 9.81. The lowest BCUT2D eigenvalue weighted by molar-refractivity contribution is -0.0503. The van der Waals surface area contributed by atoms with Crippen molar-refractivity contribution in [2.24, 2.45) is 0 Å². The number of alkyl halides is 2. The molecule has 2 N–H and O–H groups in total. The lowest BCUT2D eigenvalue weighted by Gasteiger charge is -2.27. The van der Waals surface area contributed by atoms with Crippen molar-refractivity contribution in [1.29, 1.82) is 5.26 Å². The van der Waals surface area contributed by atoms with Gasteiger partial charge in [-0.15, -0.1) is 0 Å². The molecule has 0 atom stereocenters. The molecule has 38 heavy (non-hydrogen) atoms. The Balaban J connectivity index is 2.22. The van der Waals surface area contributed by atoms with Gasteiger partial charge in [-0.25, -0.2) is 13.6 Å². The molecule has 0 radical (unpaired) electrons. The normalized spacial score (nSPS) is 11.7. The number of aryl methyl sites for hydroxylation is 1.